The summed E-state index contributed by atoms with van der Waals surface area (Å²) in [6, 6.07) is 4.94. The Morgan fingerprint density at radius 3 is 3.00 bits per heavy atom. The molecular formula is C11H14FNO. The maximum atomic E-state index is 13.3. The maximum absolute atomic E-state index is 13.3. The molecule has 0 heterocycles. The molecule has 0 bridgehead atoms. The minimum absolute atomic E-state index is 0.0456. The normalized spacial score (nSPS) is 25.9. The van der Waals surface area contributed by atoms with Crippen LogP contribution in [0.4, 0.5) is 4.39 Å². The van der Waals surface area contributed by atoms with Crippen LogP contribution in [0.5, 0.6) is 0 Å². The van der Waals surface area contributed by atoms with Crippen LogP contribution in [0, 0.1) is 5.82 Å². The summed E-state index contributed by atoms with van der Waals surface area (Å²) < 4.78 is 13.3. The average molecular weight is 195 g/mol. The van der Waals surface area contributed by atoms with Crippen molar-refractivity contribution >= 4 is 0 Å². The minimum atomic E-state index is -0.584. The minimum Gasteiger partial charge on any atom is -0.387 e. The highest BCUT2D eigenvalue weighted by Crippen LogP contribution is 2.31. The van der Waals surface area contributed by atoms with Crippen LogP contribution >= 0.6 is 0 Å². The molecule has 2 nitrogen and oxygen atoms in total. The number of benzene rings is 1. The summed E-state index contributed by atoms with van der Waals surface area (Å²) in [6.07, 6.45) is 0.898. The van der Waals surface area contributed by atoms with Crippen molar-refractivity contribution in [3.8, 4) is 0 Å². The third-order valence-electron chi connectivity index (χ3n) is 2.93. The third-order valence-corrected chi connectivity index (χ3v) is 2.93. The molecule has 2 unspecified atom stereocenters. The van der Waals surface area contributed by atoms with E-state index in [0.717, 1.165) is 12.0 Å². The second-order valence-electron chi connectivity index (χ2n) is 3.69. The zero-order chi connectivity index (χ0) is 10.1. The first-order chi connectivity index (χ1) is 6.74. The Kier molecular flexibility index (Phi) is 2.52. The van der Waals surface area contributed by atoms with E-state index in [2.05, 4.69) is 5.32 Å². The number of aliphatic hydroxyl groups is 1. The van der Waals surface area contributed by atoms with Crippen LogP contribution < -0.4 is 5.32 Å². The molecule has 0 amide bonds. The van der Waals surface area contributed by atoms with Crippen LogP contribution in [-0.4, -0.2) is 18.2 Å². The Balaban J connectivity index is 2.41. The maximum Gasteiger partial charge on any atom is 0.126 e. The first kappa shape index (κ1) is 9.62. The molecule has 14 heavy (non-hydrogen) atoms. The van der Waals surface area contributed by atoms with E-state index < -0.39 is 6.10 Å². The summed E-state index contributed by atoms with van der Waals surface area (Å²) in [7, 11) is 1.82. The van der Waals surface area contributed by atoms with Gasteiger partial charge in [0.2, 0.25) is 0 Å². The molecule has 2 N–H and O–H groups in total. The number of fused-ring (bicyclic) bond motifs is 1. The van der Waals surface area contributed by atoms with Gasteiger partial charge >= 0.3 is 0 Å². The van der Waals surface area contributed by atoms with E-state index in [9.17, 15) is 9.50 Å². The molecule has 3 heteroatoms. The highest BCUT2D eigenvalue weighted by atomic mass is 19.1. The summed E-state index contributed by atoms with van der Waals surface area (Å²) in [6.45, 7) is 0. The number of hydrogen-bond donors (Lipinski definition) is 2. The largest absolute Gasteiger partial charge is 0.387 e. The van der Waals surface area contributed by atoms with Gasteiger partial charge in [-0.2, -0.15) is 0 Å². The number of halogens is 1. The lowest BCUT2D eigenvalue weighted by molar-refractivity contribution is 0.118. The van der Waals surface area contributed by atoms with Crippen molar-refractivity contribution in [2.24, 2.45) is 0 Å². The fraction of sp³-hybridized carbons (Fsp3) is 0.455. The van der Waals surface area contributed by atoms with Gasteiger partial charge in [-0.1, -0.05) is 12.1 Å². The molecule has 2 rings (SSSR count). The van der Waals surface area contributed by atoms with Crippen molar-refractivity contribution in [3.63, 3.8) is 0 Å². The lowest BCUT2D eigenvalue weighted by atomic mass is 9.85. The number of nitrogens with one attached hydrogen (secondary N) is 1. The highest BCUT2D eigenvalue weighted by molar-refractivity contribution is 5.33. The van der Waals surface area contributed by atoms with Crippen molar-refractivity contribution in [2.75, 3.05) is 7.05 Å². The van der Waals surface area contributed by atoms with Crippen molar-refractivity contribution in [3.05, 3.63) is 35.1 Å². The van der Waals surface area contributed by atoms with Crippen molar-refractivity contribution in [1.82, 2.24) is 5.32 Å². The van der Waals surface area contributed by atoms with Crippen molar-refractivity contribution in [2.45, 2.75) is 25.0 Å². The number of hydrogen-bond acceptors (Lipinski definition) is 2. The van der Waals surface area contributed by atoms with Gasteiger partial charge in [0.25, 0.3) is 0 Å². The summed E-state index contributed by atoms with van der Waals surface area (Å²) in [5, 5.41) is 13.0. The monoisotopic (exact) mass is 195 g/mol. The van der Waals surface area contributed by atoms with Gasteiger partial charge in [0.1, 0.15) is 5.82 Å². The second kappa shape index (κ2) is 3.67. The van der Waals surface area contributed by atoms with Crippen LogP contribution in [-0.2, 0) is 6.42 Å². The number of aliphatic hydroxyl groups excluding tert-OH is 1. The molecule has 0 radical (unpaired) electrons. The van der Waals surface area contributed by atoms with Crippen molar-refractivity contribution in [1.29, 1.82) is 0 Å². The summed E-state index contributed by atoms with van der Waals surface area (Å²) >= 11 is 0. The summed E-state index contributed by atoms with van der Waals surface area (Å²) in [5.74, 6) is -0.198. The third kappa shape index (κ3) is 1.42. The molecule has 0 saturated carbocycles. The zero-order valence-electron chi connectivity index (χ0n) is 8.13. The Morgan fingerprint density at radius 2 is 2.29 bits per heavy atom. The molecule has 1 aromatic carbocycles. The SMILES string of the molecule is CNC1CCc2c(F)cccc2C1O. The van der Waals surface area contributed by atoms with E-state index in [-0.39, 0.29) is 11.9 Å². The highest BCUT2D eigenvalue weighted by Gasteiger charge is 2.27. The molecule has 1 aliphatic rings. The second-order valence-corrected chi connectivity index (χ2v) is 3.69. The molecular weight excluding hydrogens is 181 g/mol. The molecule has 1 aliphatic carbocycles. The topological polar surface area (TPSA) is 32.3 Å². The molecule has 0 aromatic heterocycles. The van der Waals surface area contributed by atoms with Gasteiger partial charge in [0.05, 0.1) is 6.10 Å². The first-order valence-corrected chi connectivity index (χ1v) is 4.86. The summed E-state index contributed by atoms with van der Waals surface area (Å²) in [4.78, 5) is 0. The van der Waals surface area contributed by atoms with Gasteiger partial charge in [-0.25, -0.2) is 4.39 Å². The molecule has 1 aromatic rings. The van der Waals surface area contributed by atoms with E-state index in [0.29, 0.717) is 12.0 Å². The lowest BCUT2D eigenvalue weighted by Gasteiger charge is -2.29. The Morgan fingerprint density at radius 1 is 1.50 bits per heavy atom. The fourth-order valence-corrected chi connectivity index (χ4v) is 2.09. The van der Waals surface area contributed by atoms with Crippen LogP contribution in [0.2, 0.25) is 0 Å². The Bertz CT molecular complexity index is 340. The summed E-state index contributed by atoms with van der Waals surface area (Å²) in [5.41, 5.74) is 1.40. The molecule has 0 aliphatic heterocycles. The number of rotatable bonds is 1. The zero-order valence-corrected chi connectivity index (χ0v) is 8.13. The Hall–Kier alpha value is -0.930. The first-order valence-electron chi connectivity index (χ1n) is 4.86. The molecule has 76 valence electrons. The van der Waals surface area contributed by atoms with E-state index in [1.165, 1.54) is 6.07 Å². The number of likely N-dealkylation sites (N-methyl/N-ethyl adjacent to an activating group) is 1. The molecule has 0 spiro atoms. The average Bonchev–Trinajstić information content (AvgIpc) is 2.20. The lowest BCUT2D eigenvalue weighted by Crippen LogP contribution is -2.36. The van der Waals surface area contributed by atoms with Crippen LogP contribution in [0.25, 0.3) is 0 Å². The van der Waals surface area contributed by atoms with Gasteiger partial charge in [-0.05, 0) is 37.1 Å². The Labute approximate surface area is 82.8 Å². The quantitative estimate of drug-likeness (QED) is 0.709. The van der Waals surface area contributed by atoms with Crippen molar-refractivity contribution < 1.29 is 9.50 Å². The van der Waals surface area contributed by atoms with E-state index in [1.807, 2.05) is 7.05 Å². The van der Waals surface area contributed by atoms with Crippen LogP contribution in [0.15, 0.2) is 18.2 Å². The van der Waals surface area contributed by atoms with Gasteiger partial charge in [-0.15, -0.1) is 0 Å². The predicted octanol–water partition coefficient (Wildman–Crippen LogP) is 1.39. The smallest absolute Gasteiger partial charge is 0.126 e. The predicted molar refractivity (Wildman–Crippen MR) is 52.5 cm³/mol. The van der Waals surface area contributed by atoms with Crippen LogP contribution in [0.1, 0.15) is 23.7 Å². The molecule has 2 atom stereocenters. The van der Waals surface area contributed by atoms with Gasteiger partial charge in [0.15, 0.2) is 0 Å². The van der Waals surface area contributed by atoms with E-state index >= 15 is 0 Å². The molecule has 0 fully saturated rings. The molecule has 0 saturated heterocycles. The van der Waals surface area contributed by atoms with Gasteiger partial charge in [-0.3, -0.25) is 0 Å². The van der Waals surface area contributed by atoms with Gasteiger partial charge < -0.3 is 10.4 Å². The van der Waals surface area contributed by atoms with E-state index in [1.54, 1.807) is 12.1 Å². The fourth-order valence-electron chi connectivity index (χ4n) is 2.09. The van der Waals surface area contributed by atoms with E-state index in [4.69, 9.17) is 0 Å². The van der Waals surface area contributed by atoms with Gasteiger partial charge in [0, 0.05) is 6.04 Å². The van der Waals surface area contributed by atoms with Crippen LogP contribution in [0.3, 0.4) is 0 Å². The standard InChI is InChI=1S/C11H14FNO/c1-13-10-6-5-7-8(11(10)14)3-2-4-9(7)12/h2-4,10-11,13-14H,5-6H2,1H3.